The molecule has 4 nitrogen and oxygen atoms in total. The second kappa shape index (κ2) is 7.81. The molecule has 23 heavy (non-hydrogen) atoms. The minimum Gasteiger partial charge on any atom is -0.497 e. The fourth-order valence-corrected chi connectivity index (χ4v) is 2.16. The molecular formula is C19H18N2O2. The van der Waals surface area contributed by atoms with Gasteiger partial charge in [-0.25, -0.2) is 0 Å². The number of nitriles is 1. The zero-order valence-electron chi connectivity index (χ0n) is 13.2. The topological polar surface area (TPSA) is 62.1 Å². The monoisotopic (exact) mass is 306 g/mol. The van der Waals surface area contributed by atoms with E-state index in [1.807, 2.05) is 37.3 Å². The highest BCUT2D eigenvalue weighted by Gasteiger charge is 2.11. The number of nitrogens with zero attached hydrogens (tertiary/aromatic N) is 1. The van der Waals surface area contributed by atoms with Crippen LogP contribution >= 0.6 is 0 Å². The predicted octanol–water partition coefficient (Wildman–Crippen LogP) is 3.80. The lowest BCUT2D eigenvalue weighted by Crippen LogP contribution is -2.14. The molecule has 0 radical (unpaired) electrons. The van der Waals surface area contributed by atoms with Gasteiger partial charge in [0.1, 0.15) is 17.4 Å². The summed E-state index contributed by atoms with van der Waals surface area (Å²) in [6, 6.07) is 16.7. The number of anilines is 1. The van der Waals surface area contributed by atoms with Crippen molar-refractivity contribution in [1.29, 1.82) is 5.26 Å². The first-order valence-electron chi connectivity index (χ1n) is 7.33. The predicted molar refractivity (Wildman–Crippen MR) is 91.0 cm³/mol. The van der Waals surface area contributed by atoms with Crippen molar-refractivity contribution in [1.82, 2.24) is 0 Å². The normalized spacial score (nSPS) is 10.7. The van der Waals surface area contributed by atoms with Crippen LogP contribution in [0.25, 0.3) is 6.08 Å². The van der Waals surface area contributed by atoms with Gasteiger partial charge in [0.2, 0.25) is 0 Å². The molecule has 116 valence electrons. The van der Waals surface area contributed by atoms with Gasteiger partial charge in [0.15, 0.2) is 0 Å². The number of carbonyl (C=O) groups is 1. The van der Waals surface area contributed by atoms with E-state index in [1.165, 1.54) is 0 Å². The molecule has 0 unspecified atom stereocenters. The minimum absolute atomic E-state index is 0.0565. The summed E-state index contributed by atoms with van der Waals surface area (Å²) >= 11 is 0. The molecule has 0 saturated carbocycles. The summed E-state index contributed by atoms with van der Waals surface area (Å²) in [6.45, 7) is 2.02. The lowest BCUT2D eigenvalue weighted by molar-refractivity contribution is -0.112. The van der Waals surface area contributed by atoms with Crippen molar-refractivity contribution in [2.24, 2.45) is 0 Å². The van der Waals surface area contributed by atoms with Gasteiger partial charge in [-0.1, -0.05) is 37.3 Å². The van der Waals surface area contributed by atoms with E-state index in [0.29, 0.717) is 0 Å². The maximum atomic E-state index is 12.3. The van der Waals surface area contributed by atoms with E-state index in [9.17, 15) is 10.1 Å². The Hall–Kier alpha value is -3.06. The largest absolute Gasteiger partial charge is 0.497 e. The molecule has 0 heterocycles. The second-order valence-corrected chi connectivity index (χ2v) is 4.91. The third-order valence-corrected chi connectivity index (χ3v) is 3.44. The molecule has 1 amide bonds. The Morgan fingerprint density at radius 2 is 1.91 bits per heavy atom. The Balaban J connectivity index is 2.21. The van der Waals surface area contributed by atoms with Crippen molar-refractivity contribution in [3.63, 3.8) is 0 Å². The Morgan fingerprint density at radius 3 is 2.52 bits per heavy atom. The van der Waals surface area contributed by atoms with Crippen LogP contribution in [0.3, 0.4) is 0 Å². The average molecular weight is 306 g/mol. The van der Waals surface area contributed by atoms with Gasteiger partial charge in [-0.05, 0) is 41.8 Å². The Labute approximate surface area is 136 Å². The lowest BCUT2D eigenvalue weighted by atomic mass is 10.1. The van der Waals surface area contributed by atoms with Gasteiger partial charge in [0.25, 0.3) is 5.91 Å². The molecular weight excluding hydrogens is 288 g/mol. The Bertz CT molecular complexity index is 756. The quantitative estimate of drug-likeness (QED) is 0.675. The summed E-state index contributed by atoms with van der Waals surface area (Å²) in [5.41, 5.74) is 2.58. The number of amides is 1. The van der Waals surface area contributed by atoms with Crippen LogP contribution in [0.2, 0.25) is 0 Å². The summed E-state index contributed by atoms with van der Waals surface area (Å²) in [4.78, 5) is 12.3. The summed E-state index contributed by atoms with van der Waals surface area (Å²) in [5.74, 6) is 0.311. The molecule has 1 N–H and O–H groups in total. The molecule has 0 bridgehead atoms. The first-order chi connectivity index (χ1) is 11.2. The van der Waals surface area contributed by atoms with Crippen molar-refractivity contribution in [3.8, 4) is 11.8 Å². The number of hydrogen-bond donors (Lipinski definition) is 1. The number of aryl methyl sites for hydroxylation is 1. The molecule has 0 spiro atoms. The van der Waals surface area contributed by atoms with Gasteiger partial charge in [0.05, 0.1) is 7.11 Å². The van der Waals surface area contributed by atoms with Crippen LogP contribution in [0, 0.1) is 11.3 Å². The SMILES string of the molecule is CCc1ccccc1NC(=O)/C(C#N)=C\c1ccc(OC)cc1. The Morgan fingerprint density at radius 1 is 1.22 bits per heavy atom. The van der Waals surface area contributed by atoms with Crippen molar-refractivity contribution in [2.75, 3.05) is 12.4 Å². The average Bonchev–Trinajstić information content (AvgIpc) is 2.60. The van der Waals surface area contributed by atoms with Crippen molar-refractivity contribution >= 4 is 17.7 Å². The Kier molecular flexibility index (Phi) is 5.54. The molecule has 0 aliphatic heterocycles. The molecule has 0 aliphatic rings. The summed E-state index contributed by atoms with van der Waals surface area (Å²) < 4.78 is 5.09. The number of carbonyl (C=O) groups excluding carboxylic acids is 1. The number of para-hydroxylation sites is 1. The third-order valence-electron chi connectivity index (χ3n) is 3.44. The number of methoxy groups -OCH3 is 1. The standard InChI is InChI=1S/C19H18N2O2/c1-3-15-6-4-5-7-18(15)21-19(22)16(13-20)12-14-8-10-17(23-2)11-9-14/h4-12H,3H2,1-2H3,(H,21,22)/b16-12-. The molecule has 0 fully saturated rings. The zero-order chi connectivity index (χ0) is 16.7. The molecule has 0 aromatic heterocycles. The van der Waals surface area contributed by atoms with Crippen molar-refractivity contribution in [2.45, 2.75) is 13.3 Å². The van der Waals surface area contributed by atoms with Crippen LogP contribution in [-0.4, -0.2) is 13.0 Å². The first kappa shape index (κ1) is 16.3. The fourth-order valence-electron chi connectivity index (χ4n) is 2.16. The maximum absolute atomic E-state index is 12.3. The molecule has 2 aromatic carbocycles. The van der Waals surface area contributed by atoms with E-state index in [2.05, 4.69) is 5.32 Å². The highest BCUT2D eigenvalue weighted by molar-refractivity contribution is 6.09. The van der Waals surface area contributed by atoms with E-state index in [4.69, 9.17) is 4.74 Å². The van der Waals surface area contributed by atoms with Crippen LogP contribution in [0.4, 0.5) is 5.69 Å². The van der Waals surface area contributed by atoms with Crippen LogP contribution in [-0.2, 0) is 11.2 Å². The van der Waals surface area contributed by atoms with Crippen molar-refractivity contribution in [3.05, 3.63) is 65.2 Å². The van der Waals surface area contributed by atoms with E-state index in [-0.39, 0.29) is 5.57 Å². The molecule has 0 saturated heterocycles. The van der Waals surface area contributed by atoms with Gasteiger partial charge in [-0.15, -0.1) is 0 Å². The van der Waals surface area contributed by atoms with Crippen LogP contribution in [0.5, 0.6) is 5.75 Å². The number of ether oxygens (including phenoxy) is 1. The zero-order valence-corrected chi connectivity index (χ0v) is 13.2. The smallest absolute Gasteiger partial charge is 0.266 e. The third kappa shape index (κ3) is 4.21. The van der Waals surface area contributed by atoms with Gasteiger partial charge >= 0.3 is 0 Å². The summed E-state index contributed by atoms with van der Waals surface area (Å²) in [7, 11) is 1.59. The van der Waals surface area contributed by atoms with E-state index in [0.717, 1.165) is 29.0 Å². The van der Waals surface area contributed by atoms with Gasteiger partial charge in [0, 0.05) is 5.69 Å². The minimum atomic E-state index is -0.413. The summed E-state index contributed by atoms with van der Waals surface area (Å²) in [6.07, 6.45) is 2.36. The van der Waals surface area contributed by atoms with Crippen LogP contribution < -0.4 is 10.1 Å². The van der Waals surface area contributed by atoms with E-state index in [1.54, 1.807) is 37.5 Å². The molecule has 4 heteroatoms. The maximum Gasteiger partial charge on any atom is 0.266 e. The second-order valence-electron chi connectivity index (χ2n) is 4.91. The molecule has 2 aromatic rings. The molecule has 2 rings (SSSR count). The first-order valence-corrected chi connectivity index (χ1v) is 7.33. The lowest BCUT2D eigenvalue weighted by Gasteiger charge is -2.09. The van der Waals surface area contributed by atoms with Gasteiger partial charge < -0.3 is 10.1 Å². The number of nitrogens with one attached hydrogen (secondary N) is 1. The molecule has 0 aliphatic carbocycles. The van der Waals surface area contributed by atoms with E-state index >= 15 is 0 Å². The number of rotatable bonds is 5. The number of hydrogen-bond acceptors (Lipinski definition) is 3. The fraction of sp³-hybridized carbons (Fsp3) is 0.158. The van der Waals surface area contributed by atoms with Gasteiger partial charge in [-0.3, -0.25) is 4.79 Å². The summed E-state index contributed by atoms with van der Waals surface area (Å²) in [5, 5.41) is 12.1. The van der Waals surface area contributed by atoms with Crippen LogP contribution in [0.1, 0.15) is 18.1 Å². The molecule has 0 atom stereocenters. The highest BCUT2D eigenvalue weighted by Crippen LogP contribution is 2.18. The van der Waals surface area contributed by atoms with E-state index < -0.39 is 5.91 Å². The van der Waals surface area contributed by atoms with Crippen LogP contribution in [0.15, 0.2) is 54.1 Å². The van der Waals surface area contributed by atoms with Gasteiger partial charge in [-0.2, -0.15) is 5.26 Å². The highest BCUT2D eigenvalue weighted by atomic mass is 16.5. The van der Waals surface area contributed by atoms with Crippen molar-refractivity contribution < 1.29 is 9.53 Å². The number of benzene rings is 2.